The molecule has 0 saturated heterocycles. The number of rotatable bonds is 3. The molecule has 25 heavy (non-hydrogen) atoms. The molecule has 3 aromatic heterocycles. The van der Waals surface area contributed by atoms with E-state index in [1.165, 1.54) is 15.5 Å². The predicted molar refractivity (Wildman–Crippen MR) is 96.5 cm³/mol. The first-order valence-electron chi connectivity index (χ1n) is 7.39. The Labute approximate surface area is 148 Å². The van der Waals surface area contributed by atoms with E-state index in [4.69, 9.17) is 0 Å². The number of imidazole rings is 1. The number of aromatic amines is 1. The van der Waals surface area contributed by atoms with Crippen LogP contribution in [0.1, 0.15) is 5.56 Å². The molecule has 4 aromatic rings. The number of halogens is 1. The third kappa shape index (κ3) is 2.85. The molecule has 0 saturated carbocycles. The summed E-state index contributed by atoms with van der Waals surface area (Å²) in [5, 5.41) is 0. The minimum Gasteiger partial charge on any atom is -0.339 e. The molecule has 8 heteroatoms. The van der Waals surface area contributed by atoms with Gasteiger partial charge in [-0.05, 0) is 23.8 Å². The van der Waals surface area contributed by atoms with Crippen LogP contribution in [0, 0.1) is 0 Å². The van der Waals surface area contributed by atoms with Gasteiger partial charge in [-0.3, -0.25) is 14.3 Å². The van der Waals surface area contributed by atoms with Crippen molar-refractivity contribution in [1.29, 1.82) is 0 Å². The van der Waals surface area contributed by atoms with Crippen molar-refractivity contribution in [2.45, 2.75) is 6.54 Å². The van der Waals surface area contributed by atoms with Crippen LogP contribution >= 0.6 is 12.4 Å². The summed E-state index contributed by atoms with van der Waals surface area (Å²) in [4.78, 5) is 36.6. The maximum absolute atomic E-state index is 13.0. The van der Waals surface area contributed by atoms with E-state index in [0.717, 1.165) is 5.56 Å². The molecular formula is C17H14ClN5O2. The van der Waals surface area contributed by atoms with Crippen LogP contribution in [-0.4, -0.2) is 24.1 Å². The van der Waals surface area contributed by atoms with E-state index >= 15 is 0 Å². The van der Waals surface area contributed by atoms with Crippen LogP contribution in [0.2, 0.25) is 0 Å². The van der Waals surface area contributed by atoms with Gasteiger partial charge in [0.25, 0.3) is 5.56 Å². The lowest BCUT2D eigenvalue weighted by Gasteiger charge is -2.11. The minimum atomic E-state index is -0.436. The van der Waals surface area contributed by atoms with Crippen LogP contribution in [-0.2, 0) is 6.54 Å². The Morgan fingerprint density at radius 1 is 1.04 bits per heavy atom. The first-order valence-corrected chi connectivity index (χ1v) is 7.39. The Morgan fingerprint density at radius 3 is 2.56 bits per heavy atom. The number of aromatic nitrogens is 5. The van der Waals surface area contributed by atoms with Gasteiger partial charge in [0.05, 0.1) is 18.6 Å². The van der Waals surface area contributed by atoms with Crippen LogP contribution in [0.3, 0.4) is 0 Å². The molecule has 1 aromatic carbocycles. The number of pyridine rings is 1. The van der Waals surface area contributed by atoms with Crippen LogP contribution in [0.4, 0.5) is 0 Å². The van der Waals surface area contributed by atoms with Gasteiger partial charge in [0.1, 0.15) is 5.52 Å². The average molecular weight is 356 g/mol. The van der Waals surface area contributed by atoms with Crippen molar-refractivity contribution in [2.24, 2.45) is 0 Å². The highest BCUT2D eigenvalue weighted by Gasteiger charge is 2.16. The van der Waals surface area contributed by atoms with Gasteiger partial charge in [-0.2, -0.15) is 0 Å². The lowest BCUT2D eigenvalue weighted by molar-refractivity contribution is 0.681. The first-order chi connectivity index (χ1) is 11.8. The highest BCUT2D eigenvalue weighted by molar-refractivity contribution is 5.85. The van der Waals surface area contributed by atoms with Crippen LogP contribution in [0.15, 0.2) is 70.8 Å². The van der Waals surface area contributed by atoms with Crippen LogP contribution < -0.4 is 11.2 Å². The second kappa shape index (κ2) is 6.74. The molecule has 3 heterocycles. The molecule has 0 unspecified atom stereocenters. The van der Waals surface area contributed by atoms with E-state index in [9.17, 15) is 9.59 Å². The zero-order valence-corrected chi connectivity index (χ0v) is 13.8. The second-order valence-corrected chi connectivity index (χ2v) is 5.31. The number of hydrogen-bond acceptors (Lipinski definition) is 4. The number of nitrogens with zero attached hydrogens (tertiary/aromatic N) is 4. The number of benzene rings is 1. The molecule has 4 rings (SSSR count). The molecule has 1 N–H and O–H groups in total. The maximum atomic E-state index is 13.0. The largest absolute Gasteiger partial charge is 0.339 e. The summed E-state index contributed by atoms with van der Waals surface area (Å²) in [7, 11) is 0. The summed E-state index contributed by atoms with van der Waals surface area (Å²) in [5.74, 6) is 0. The zero-order chi connectivity index (χ0) is 16.5. The van der Waals surface area contributed by atoms with Crippen molar-refractivity contribution in [3.8, 4) is 5.69 Å². The first kappa shape index (κ1) is 16.7. The second-order valence-electron chi connectivity index (χ2n) is 5.31. The van der Waals surface area contributed by atoms with Gasteiger partial charge in [-0.15, -0.1) is 12.4 Å². The molecular weight excluding hydrogens is 342 g/mol. The highest BCUT2D eigenvalue weighted by atomic mass is 35.5. The van der Waals surface area contributed by atoms with Crippen molar-refractivity contribution in [3.05, 3.63) is 87.6 Å². The van der Waals surface area contributed by atoms with E-state index in [0.29, 0.717) is 16.9 Å². The highest BCUT2D eigenvalue weighted by Crippen LogP contribution is 2.10. The van der Waals surface area contributed by atoms with Gasteiger partial charge in [0, 0.05) is 12.4 Å². The fourth-order valence-electron chi connectivity index (χ4n) is 2.67. The number of fused-ring (bicyclic) bond motifs is 1. The van der Waals surface area contributed by atoms with Gasteiger partial charge in [0.15, 0.2) is 5.65 Å². The fourth-order valence-corrected chi connectivity index (χ4v) is 2.67. The molecule has 0 spiro atoms. The Balaban J connectivity index is 0.00000182. The summed E-state index contributed by atoms with van der Waals surface area (Å²) in [6.45, 7) is 0.146. The number of para-hydroxylation sites is 1. The summed E-state index contributed by atoms with van der Waals surface area (Å²) in [6, 6.07) is 12.7. The van der Waals surface area contributed by atoms with Crippen molar-refractivity contribution in [3.63, 3.8) is 0 Å². The summed E-state index contributed by atoms with van der Waals surface area (Å²) in [5.41, 5.74) is 1.20. The third-order valence-corrected chi connectivity index (χ3v) is 3.79. The van der Waals surface area contributed by atoms with Crippen LogP contribution in [0.25, 0.3) is 16.9 Å². The average Bonchev–Trinajstić information content (AvgIpc) is 3.10. The molecule has 0 aliphatic rings. The molecule has 7 nitrogen and oxygen atoms in total. The molecule has 0 fully saturated rings. The van der Waals surface area contributed by atoms with E-state index in [-0.39, 0.29) is 19.0 Å². The number of hydrogen-bond donors (Lipinski definition) is 1. The standard InChI is InChI=1S/C17H13N5O2.ClH/c23-16-14-15(20-11-19-14)22(13-6-2-1-3-7-13)17(24)21(16)10-12-5-4-8-18-9-12;/h1-9,11H,10H2,(H,19,20);1H. The lowest BCUT2D eigenvalue weighted by atomic mass is 10.3. The van der Waals surface area contributed by atoms with Gasteiger partial charge in [0.2, 0.25) is 0 Å². The Bertz CT molecular complexity index is 1120. The van der Waals surface area contributed by atoms with E-state index < -0.39 is 11.2 Å². The summed E-state index contributed by atoms with van der Waals surface area (Å²) >= 11 is 0. The van der Waals surface area contributed by atoms with E-state index in [1.54, 1.807) is 30.6 Å². The molecule has 126 valence electrons. The Hall–Kier alpha value is -3.19. The van der Waals surface area contributed by atoms with Crippen LogP contribution in [0.5, 0.6) is 0 Å². The molecule has 0 aliphatic heterocycles. The zero-order valence-electron chi connectivity index (χ0n) is 13.0. The lowest BCUT2D eigenvalue weighted by Crippen LogP contribution is -2.39. The van der Waals surface area contributed by atoms with E-state index in [2.05, 4.69) is 15.0 Å². The van der Waals surface area contributed by atoms with Crippen molar-refractivity contribution in [2.75, 3.05) is 0 Å². The number of nitrogens with one attached hydrogen (secondary N) is 1. The third-order valence-electron chi connectivity index (χ3n) is 3.79. The van der Waals surface area contributed by atoms with Crippen molar-refractivity contribution < 1.29 is 0 Å². The Morgan fingerprint density at radius 2 is 1.84 bits per heavy atom. The fraction of sp³-hybridized carbons (Fsp3) is 0.0588. The molecule has 0 atom stereocenters. The minimum absolute atomic E-state index is 0. The smallest absolute Gasteiger partial charge is 0.337 e. The van der Waals surface area contributed by atoms with Crippen molar-refractivity contribution >= 4 is 23.6 Å². The maximum Gasteiger partial charge on any atom is 0.337 e. The molecule has 0 radical (unpaired) electrons. The van der Waals surface area contributed by atoms with Crippen molar-refractivity contribution in [1.82, 2.24) is 24.1 Å². The molecule has 0 aliphatic carbocycles. The SMILES string of the molecule is Cl.O=c1c2[nH]cnc2n(-c2ccccc2)c(=O)n1Cc1cccnc1. The van der Waals surface area contributed by atoms with Gasteiger partial charge >= 0.3 is 5.69 Å². The quantitative estimate of drug-likeness (QED) is 0.606. The molecule has 0 amide bonds. The number of H-pyrrole nitrogens is 1. The predicted octanol–water partition coefficient (Wildman–Crippen LogP) is 1.74. The topological polar surface area (TPSA) is 85.6 Å². The molecule has 0 bridgehead atoms. The Kier molecular flexibility index (Phi) is 4.49. The van der Waals surface area contributed by atoms with Gasteiger partial charge in [-0.25, -0.2) is 14.3 Å². The summed E-state index contributed by atoms with van der Waals surface area (Å²) in [6.07, 6.45) is 4.70. The van der Waals surface area contributed by atoms with Gasteiger partial charge in [-0.1, -0.05) is 24.3 Å². The van der Waals surface area contributed by atoms with E-state index in [1.807, 2.05) is 24.3 Å². The monoisotopic (exact) mass is 355 g/mol. The summed E-state index contributed by atoms with van der Waals surface area (Å²) < 4.78 is 2.62. The van der Waals surface area contributed by atoms with Gasteiger partial charge < -0.3 is 4.98 Å². The normalized spacial score (nSPS) is 10.6.